The van der Waals surface area contributed by atoms with Gasteiger partial charge in [0.25, 0.3) is 0 Å². The van der Waals surface area contributed by atoms with Crippen LogP contribution in [-0.4, -0.2) is 59.9 Å². The third-order valence-electron chi connectivity index (χ3n) is 7.40. The van der Waals surface area contributed by atoms with Crippen LogP contribution >= 0.6 is 0 Å². The SMILES string of the molecule is CC(C)(C)c1cc2cn(-c3ccc(CNCCCN=C(N)N)cc3)c(=O)nc2[nH]1.CO[C@H](CN)COc1cccc(C(C)(C)C)c1. The molecule has 0 saturated carbocycles. The minimum absolute atomic E-state index is 0.0352. The normalized spacial score (nSPS) is 12.3. The number of nitrogens with one attached hydrogen (secondary N) is 2. The molecule has 0 unspecified atom stereocenters. The van der Waals surface area contributed by atoms with Crippen molar-refractivity contribution in [2.24, 2.45) is 22.2 Å². The Balaban J connectivity index is 0.000000289. The van der Waals surface area contributed by atoms with Gasteiger partial charge >= 0.3 is 5.69 Å². The molecule has 46 heavy (non-hydrogen) atoms. The Bertz CT molecular complexity index is 1600. The molecule has 0 amide bonds. The van der Waals surface area contributed by atoms with Gasteiger partial charge in [-0.25, -0.2) is 4.79 Å². The number of methoxy groups -OCH3 is 1. The number of fused-ring (bicyclic) bond motifs is 1. The van der Waals surface area contributed by atoms with Crippen LogP contribution in [0.2, 0.25) is 0 Å². The van der Waals surface area contributed by atoms with Crippen molar-refractivity contribution in [1.29, 1.82) is 0 Å². The molecule has 0 fully saturated rings. The number of guanidine groups is 1. The van der Waals surface area contributed by atoms with Crippen molar-refractivity contribution in [2.75, 3.05) is 33.4 Å². The van der Waals surface area contributed by atoms with Crippen LogP contribution in [0.3, 0.4) is 0 Å². The van der Waals surface area contributed by atoms with E-state index in [1.165, 1.54) is 5.56 Å². The first-order valence-electron chi connectivity index (χ1n) is 15.7. The molecule has 4 aromatic rings. The summed E-state index contributed by atoms with van der Waals surface area (Å²) in [6.07, 6.45) is 2.66. The summed E-state index contributed by atoms with van der Waals surface area (Å²) in [6.45, 7) is 16.0. The molecule has 11 nitrogen and oxygen atoms in total. The molecule has 2 aromatic carbocycles. The van der Waals surface area contributed by atoms with Crippen molar-refractivity contribution in [3.05, 3.63) is 88.1 Å². The number of hydrogen-bond donors (Lipinski definition) is 5. The second-order valence-electron chi connectivity index (χ2n) is 13.3. The van der Waals surface area contributed by atoms with Gasteiger partial charge in [-0.2, -0.15) is 4.98 Å². The van der Waals surface area contributed by atoms with Gasteiger partial charge < -0.3 is 37.0 Å². The smallest absolute Gasteiger partial charge is 0.354 e. The lowest BCUT2D eigenvalue weighted by Gasteiger charge is -2.20. The maximum absolute atomic E-state index is 12.5. The fraction of sp³-hybridized carbons (Fsp3) is 0.457. The number of aromatic amines is 1. The molecule has 0 spiro atoms. The predicted molar refractivity (Wildman–Crippen MR) is 188 cm³/mol. The molecular formula is C35H52N8O3. The van der Waals surface area contributed by atoms with Crippen LogP contribution in [-0.2, 0) is 22.1 Å². The van der Waals surface area contributed by atoms with Gasteiger partial charge in [0, 0.05) is 49.4 Å². The Morgan fingerprint density at radius 1 is 1.04 bits per heavy atom. The Labute approximate surface area is 272 Å². The summed E-state index contributed by atoms with van der Waals surface area (Å²) in [7, 11) is 1.65. The van der Waals surface area contributed by atoms with Gasteiger partial charge in [0.2, 0.25) is 0 Å². The molecule has 0 bridgehead atoms. The van der Waals surface area contributed by atoms with Gasteiger partial charge in [0.05, 0.1) is 5.69 Å². The average molecular weight is 633 g/mol. The maximum Gasteiger partial charge on any atom is 0.354 e. The molecule has 0 saturated heterocycles. The zero-order chi connectivity index (χ0) is 33.9. The number of ether oxygens (including phenoxy) is 2. The van der Waals surface area contributed by atoms with Crippen LogP contribution < -0.4 is 32.9 Å². The molecule has 0 aliphatic rings. The van der Waals surface area contributed by atoms with E-state index in [4.69, 9.17) is 26.7 Å². The first-order chi connectivity index (χ1) is 21.7. The molecule has 0 aliphatic heterocycles. The van der Waals surface area contributed by atoms with Gasteiger partial charge in [0.15, 0.2) is 5.96 Å². The average Bonchev–Trinajstić information content (AvgIpc) is 3.43. The van der Waals surface area contributed by atoms with Crippen molar-refractivity contribution in [3.8, 4) is 11.4 Å². The van der Waals surface area contributed by atoms with Gasteiger partial charge in [-0.15, -0.1) is 0 Å². The van der Waals surface area contributed by atoms with E-state index >= 15 is 0 Å². The van der Waals surface area contributed by atoms with Crippen molar-refractivity contribution in [2.45, 2.75) is 71.4 Å². The number of H-pyrrole nitrogens is 1. The van der Waals surface area contributed by atoms with Crippen molar-refractivity contribution >= 4 is 17.0 Å². The Morgan fingerprint density at radius 3 is 2.37 bits per heavy atom. The Morgan fingerprint density at radius 2 is 1.76 bits per heavy atom. The Hall–Kier alpha value is -4.19. The van der Waals surface area contributed by atoms with E-state index < -0.39 is 0 Å². The van der Waals surface area contributed by atoms with Crippen LogP contribution in [0.15, 0.2) is 70.6 Å². The maximum atomic E-state index is 12.5. The van der Waals surface area contributed by atoms with E-state index in [0.717, 1.165) is 47.6 Å². The zero-order valence-corrected chi connectivity index (χ0v) is 28.4. The number of nitrogens with zero attached hydrogens (tertiary/aromatic N) is 3. The lowest BCUT2D eigenvalue weighted by Crippen LogP contribution is -2.29. The van der Waals surface area contributed by atoms with Crippen molar-refractivity contribution < 1.29 is 9.47 Å². The van der Waals surface area contributed by atoms with Crippen LogP contribution in [0.5, 0.6) is 5.75 Å². The largest absolute Gasteiger partial charge is 0.491 e. The van der Waals surface area contributed by atoms with Crippen molar-refractivity contribution in [3.63, 3.8) is 0 Å². The molecule has 0 aliphatic carbocycles. The first kappa shape index (κ1) is 36.3. The number of aliphatic imine (C=N–C) groups is 1. The summed E-state index contributed by atoms with van der Waals surface area (Å²) in [6, 6.07) is 18.1. The summed E-state index contributed by atoms with van der Waals surface area (Å²) in [5.41, 5.74) is 20.8. The zero-order valence-electron chi connectivity index (χ0n) is 28.4. The fourth-order valence-corrected chi connectivity index (χ4v) is 4.48. The molecule has 2 aromatic heterocycles. The lowest BCUT2D eigenvalue weighted by atomic mass is 9.87. The first-order valence-corrected chi connectivity index (χ1v) is 15.7. The molecule has 1 atom stereocenters. The number of nitrogens with two attached hydrogens (primary N) is 3. The molecule has 0 radical (unpaired) electrons. The van der Waals surface area contributed by atoms with Crippen LogP contribution in [0.1, 0.15) is 64.8 Å². The Kier molecular flexibility index (Phi) is 12.9. The minimum atomic E-state index is -0.301. The van der Waals surface area contributed by atoms with Crippen LogP contribution in [0.25, 0.3) is 16.7 Å². The number of rotatable bonds is 12. The fourth-order valence-electron chi connectivity index (χ4n) is 4.48. The van der Waals surface area contributed by atoms with Gasteiger partial charge in [0.1, 0.15) is 24.1 Å². The highest BCUT2D eigenvalue weighted by molar-refractivity contribution is 5.76. The third-order valence-corrected chi connectivity index (χ3v) is 7.40. The number of hydrogen-bond acceptors (Lipinski definition) is 7. The van der Waals surface area contributed by atoms with Crippen LogP contribution in [0, 0.1) is 0 Å². The summed E-state index contributed by atoms with van der Waals surface area (Å²) in [4.78, 5) is 23.9. The highest BCUT2D eigenvalue weighted by atomic mass is 16.5. The molecule has 4 rings (SSSR count). The topological polar surface area (TPSA) is 172 Å². The van der Waals surface area contributed by atoms with Crippen LogP contribution in [0.4, 0.5) is 0 Å². The molecule has 2 heterocycles. The molecular weight excluding hydrogens is 580 g/mol. The number of benzene rings is 2. The monoisotopic (exact) mass is 632 g/mol. The van der Waals surface area contributed by atoms with E-state index in [2.05, 4.69) is 80.0 Å². The van der Waals surface area contributed by atoms with Crippen molar-refractivity contribution in [1.82, 2.24) is 19.9 Å². The lowest BCUT2D eigenvalue weighted by molar-refractivity contribution is 0.0643. The molecule has 11 heteroatoms. The standard InChI is InChI=1S/C21H29N7O.C14H23NO2/c1-21(2,3)17-11-15-13-28(20(29)27-18(15)26-17)16-7-5-14(6-8-16)12-24-9-4-10-25-19(22)23;1-14(2,3)11-6-5-7-12(8-11)17-10-13(9-15)16-4/h5-8,11,13,24H,4,9-10,12H2,1-3H3,(H4,22,23,25)(H,26,27,29);5-8,13H,9-10,15H2,1-4H3/t;13-/m.1/s1. The second kappa shape index (κ2) is 16.4. The minimum Gasteiger partial charge on any atom is -0.491 e. The summed E-state index contributed by atoms with van der Waals surface area (Å²) in [5.74, 6) is 0.991. The molecule has 8 N–H and O–H groups in total. The van der Waals surface area contributed by atoms with E-state index in [-0.39, 0.29) is 28.6 Å². The number of aromatic nitrogens is 3. The summed E-state index contributed by atoms with van der Waals surface area (Å²) in [5, 5.41) is 4.27. The van der Waals surface area contributed by atoms with Gasteiger partial charge in [-0.1, -0.05) is 65.8 Å². The van der Waals surface area contributed by atoms with E-state index in [1.807, 2.05) is 42.6 Å². The van der Waals surface area contributed by atoms with E-state index in [1.54, 1.807) is 11.7 Å². The van der Waals surface area contributed by atoms with Gasteiger partial charge in [-0.3, -0.25) is 9.56 Å². The highest BCUT2D eigenvalue weighted by Crippen LogP contribution is 2.26. The van der Waals surface area contributed by atoms with E-state index in [0.29, 0.717) is 25.3 Å². The second-order valence-corrected chi connectivity index (χ2v) is 13.3. The summed E-state index contributed by atoms with van der Waals surface area (Å²) < 4.78 is 12.4. The highest BCUT2D eigenvalue weighted by Gasteiger charge is 2.18. The van der Waals surface area contributed by atoms with E-state index in [9.17, 15) is 4.79 Å². The third kappa shape index (κ3) is 11.0. The summed E-state index contributed by atoms with van der Waals surface area (Å²) >= 11 is 0. The predicted octanol–water partition coefficient (Wildman–Crippen LogP) is 4.10. The quantitative estimate of drug-likeness (QED) is 0.0882. The molecule has 250 valence electrons. The van der Waals surface area contributed by atoms with Gasteiger partial charge in [-0.05, 0) is 59.8 Å².